The van der Waals surface area contributed by atoms with E-state index >= 15 is 0 Å². The molecule has 1 aromatic heterocycles. The van der Waals surface area contributed by atoms with Crippen molar-refractivity contribution in [3.63, 3.8) is 0 Å². The average Bonchev–Trinajstić information content (AvgIpc) is 3.09. The first-order valence-corrected chi connectivity index (χ1v) is 9.42. The van der Waals surface area contributed by atoms with Gasteiger partial charge in [-0.1, -0.05) is 29.8 Å². The van der Waals surface area contributed by atoms with Gasteiger partial charge in [0.05, 0.1) is 7.11 Å². The Hall–Kier alpha value is -3.25. The monoisotopic (exact) mass is 411 g/mol. The molecule has 0 radical (unpaired) electrons. The molecule has 150 valence electrons. The number of rotatable bonds is 8. The predicted molar refractivity (Wildman–Crippen MR) is 110 cm³/mol. The summed E-state index contributed by atoms with van der Waals surface area (Å²) in [4.78, 5) is 23.6. The minimum atomic E-state index is -1.13. The number of carbonyl (C=O) groups is 2. The minimum absolute atomic E-state index is 0.0323. The molecule has 0 unspecified atom stereocenters. The molecule has 0 aliphatic carbocycles. The maximum absolute atomic E-state index is 12.7. The number of methoxy groups -OCH3 is 1. The van der Waals surface area contributed by atoms with Crippen molar-refractivity contribution in [2.45, 2.75) is 19.4 Å². The fraction of sp³-hybridized carbons (Fsp3) is 0.182. The lowest BCUT2D eigenvalue weighted by Crippen LogP contribution is -2.24. The maximum Gasteiger partial charge on any atom is 0.244 e. The maximum atomic E-state index is 12.7. The Morgan fingerprint density at radius 3 is 2.55 bits per heavy atom. The van der Waals surface area contributed by atoms with E-state index in [1.165, 1.54) is 0 Å². The summed E-state index contributed by atoms with van der Waals surface area (Å²) in [6.45, 7) is 0.0323. The van der Waals surface area contributed by atoms with Crippen molar-refractivity contribution in [1.82, 2.24) is 4.57 Å². The van der Waals surface area contributed by atoms with Gasteiger partial charge in [0.2, 0.25) is 5.91 Å². The third-order valence-electron chi connectivity index (χ3n) is 4.45. The molecule has 0 saturated heterocycles. The Bertz CT molecular complexity index is 1010. The summed E-state index contributed by atoms with van der Waals surface area (Å²) in [5.41, 5.74) is 3.03. The van der Waals surface area contributed by atoms with Crippen LogP contribution in [0.2, 0.25) is 5.02 Å². The fourth-order valence-corrected chi connectivity index (χ4v) is 3.19. The minimum Gasteiger partial charge on any atom is -0.550 e. The van der Waals surface area contributed by atoms with Crippen LogP contribution in [0.15, 0.2) is 60.7 Å². The number of aryl methyl sites for hydroxylation is 1. The second-order valence-corrected chi connectivity index (χ2v) is 6.89. The molecule has 0 spiro atoms. The SMILES string of the molecule is COc1cccc(NC(=O)Cn2c(CCC(=O)[O-])ccc2-c2ccc(Cl)cc2)c1. The van der Waals surface area contributed by atoms with Crippen LogP contribution in [-0.2, 0) is 22.6 Å². The highest BCUT2D eigenvalue weighted by Crippen LogP contribution is 2.25. The molecule has 0 fully saturated rings. The van der Waals surface area contributed by atoms with Gasteiger partial charge in [-0.25, -0.2) is 0 Å². The Morgan fingerprint density at radius 1 is 1.10 bits per heavy atom. The van der Waals surface area contributed by atoms with Crippen LogP contribution in [0.25, 0.3) is 11.3 Å². The lowest BCUT2D eigenvalue weighted by Gasteiger charge is -2.15. The van der Waals surface area contributed by atoms with Crippen LogP contribution in [0.1, 0.15) is 12.1 Å². The van der Waals surface area contributed by atoms with Crippen molar-refractivity contribution in [3.05, 3.63) is 71.4 Å². The number of benzene rings is 2. The Balaban J connectivity index is 1.86. The highest BCUT2D eigenvalue weighted by atomic mass is 35.5. The number of nitrogens with one attached hydrogen (secondary N) is 1. The molecule has 3 rings (SSSR count). The van der Waals surface area contributed by atoms with E-state index in [0.717, 1.165) is 17.0 Å². The van der Waals surface area contributed by atoms with Gasteiger partial charge < -0.3 is 24.5 Å². The van der Waals surface area contributed by atoms with E-state index in [-0.39, 0.29) is 25.3 Å². The highest BCUT2D eigenvalue weighted by molar-refractivity contribution is 6.30. The summed E-state index contributed by atoms with van der Waals surface area (Å²) in [5.74, 6) is -0.730. The summed E-state index contributed by atoms with van der Waals surface area (Å²) in [6.07, 6.45) is 0.143. The van der Waals surface area contributed by atoms with E-state index in [9.17, 15) is 14.7 Å². The molecule has 1 N–H and O–H groups in total. The highest BCUT2D eigenvalue weighted by Gasteiger charge is 2.14. The summed E-state index contributed by atoms with van der Waals surface area (Å²) in [7, 11) is 1.56. The number of ether oxygens (including phenoxy) is 1. The molecule has 6 nitrogen and oxygen atoms in total. The van der Waals surface area contributed by atoms with Gasteiger partial charge in [-0.15, -0.1) is 0 Å². The Kier molecular flexibility index (Phi) is 6.57. The molecular formula is C22H20ClN2O4-. The molecular weight excluding hydrogens is 392 g/mol. The van der Waals surface area contributed by atoms with Crippen LogP contribution in [0.5, 0.6) is 5.75 Å². The molecule has 0 aliphatic heterocycles. The number of aromatic nitrogens is 1. The molecule has 0 bridgehead atoms. The van der Waals surface area contributed by atoms with Gasteiger partial charge >= 0.3 is 0 Å². The van der Waals surface area contributed by atoms with Gasteiger partial charge in [0.15, 0.2) is 0 Å². The molecule has 2 aromatic carbocycles. The predicted octanol–water partition coefficient (Wildman–Crippen LogP) is 3.14. The van der Waals surface area contributed by atoms with Crippen LogP contribution in [0.3, 0.4) is 0 Å². The van der Waals surface area contributed by atoms with Gasteiger partial charge in [-0.3, -0.25) is 4.79 Å². The van der Waals surface area contributed by atoms with Crippen molar-refractivity contribution in [1.29, 1.82) is 0 Å². The van der Waals surface area contributed by atoms with Crippen molar-refractivity contribution in [2.24, 2.45) is 0 Å². The van der Waals surface area contributed by atoms with Gasteiger partial charge in [0.1, 0.15) is 12.3 Å². The van der Waals surface area contributed by atoms with Crippen molar-refractivity contribution in [2.75, 3.05) is 12.4 Å². The summed E-state index contributed by atoms with van der Waals surface area (Å²) >= 11 is 5.97. The first-order valence-electron chi connectivity index (χ1n) is 9.04. The zero-order valence-corrected chi connectivity index (χ0v) is 16.6. The zero-order chi connectivity index (χ0) is 20.8. The summed E-state index contributed by atoms with van der Waals surface area (Å²) in [5, 5.41) is 14.4. The van der Waals surface area contributed by atoms with E-state index < -0.39 is 5.97 Å². The van der Waals surface area contributed by atoms with Crippen LogP contribution in [0.4, 0.5) is 5.69 Å². The number of carbonyl (C=O) groups excluding carboxylic acids is 2. The van der Waals surface area contributed by atoms with Crippen LogP contribution in [-0.4, -0.2) is 23.6 Å². The first kappa shape index (κ1) is 20.5. The molecule has 0 atom stereocenters. The number of hydrogen-bond donors (Lipinski definition) is 1. The standard InChI is InChI=1S/C22H21ClN2O4/c1-29-19-4-2-3-17(13-19)24-21(26)14-25-18(10-12-22(27)28)9-11-20(25)15-5-7-16(23)8-6-15/h2-9,11,13H,10,12,14H2,1H3,(H,24,26)(H,27,28)/p-1. The summed E-state index contributed by atoms with van der Waals surface area (Å²) in [6, 6.07) is 18.0. The molecule has 1 heterocycles. The first-order chi connectivity index (χ1) is 14.0. The van der Waals surface area contributed by atoms with E-state index in [1.807, 2.05) is 28.8 Å². The number of carboxylic acid groups (broad SMARTS) is 1. The van der Waals surface area contributed by atoms with E-state index in [2.05, 4.69) is 5.32 Å². The van der Waals surface area contributed by atoms with E-state index in [4.69, 9.17) is 16.3 Å². The second-order valence-electron chi connectivity index (χ2n) is 6.46. The number of nitrogens with zero attached hydrogens (tertiary/aromatic N) is 1. The normalized spacial score (nSPS) is 10.6. The van der Waals surface area contributed by atoms with Gasteiger partial charge in [0.25, 0.3) is 0 Å². The van der Waals surface area contributed by atoms with E-state index in [1.54, 1.807) is 43.5 Å². The van der Waals surface area contributed by atoms with Gasteiger partial charge in [0, 0.05) is 34.1 Å². The molecule has 0 aliphatic rings. The average molecular weight is 412 g/mol. The Morgan fingerprint density at radius 2 is 1.86 bits per heavy atom. The summed E-state index contributed by atoms with van der Waals surface area (Å²) < 4.78 is 6.98. The largest absolute Gasteiger partial charge is 0.550 e. The number of carboxylic acids is 1. The van der Waals surface area contributed by atoms with Crippen molar-refractivity contribution < 1.29 is 19.4 Å². The van der Waals surface area contributed by atoms with Crippen LogP contribution >= 0.6 is 11.6 Å². The van der Waals surface area contributed by atoms with Crippen LogP contribution < -0.4 is 15.2 Å². The second kappa shape index (κ2) is 9.30. The van der Waals surface area contributed by atoms with E-state index in [0.29, 0.717) is 16.5 Å². The van der Waals surface area contributed by atoms with Gasteiger partial charge in [-0.2, -0.15) is 0 Å². The number of aliphatic carboxylic acids is 1. The number of amides is 1. The lowest BCUT2D eigenvalue weighted by molar-refractivity contribution is -0.305. The van der Waals surface area contributed by atoms with Crippen LogP contribution in [0, 0.1) is 0 Å². The number of hydrogen-bond acceptors (Lipinski definition) is 4. The molecule has 7 heteroatoms. The topological polar surface area (TPSA) is 83.4 Å². The fourth-order valence-electron chi connectivity index (χ4n) is 3.06. The quantitative estimate of drug-likeness (QED) is 0.617. The number of anilines is 1. The van der Waals surface area contributed by atoms with Crippen molar-refractivity contribution in [3.8, 4) is 17.0 Å². The third kappa shape index (κ3) is 5.39. The molecule has 3 aromatic rings. The van der Waals surface area contributed by atoms with Gasteiger partial charge in [-0.05, 0) is 54.8 Å². The Labute approximate surface area is 173 Å². The third-order valence-corrected chi connectivity index (χ3v) is 4.70. The molecule has 29 heavy (non-hydrogen) atoms. The lowest BCUT2D eigenvalue weighted by atomic mass is 10.1. The zero-order valence-electron chi connectivity index (χ0n) is 15.9. The smallest absolute Gasteiger partial charge is 0.244 e. The molecule has 1 amide bonds. The number of halogens is 1. The van der Waals surface area contributed by atoms with Crippen molar-refractivity contribution >= 4 is 29.2 Å². The molecule has 0 saturated carbocycles.